The van der Waals surface area contributed by atoms with Crippen LogP contribution in [0.15, 0.2) is 104 Å². The molecule has 1 fully saturated rings. The van der Waals surface area contributed by atoms with Crippen LogP contribution in [0.25, 0.3) is 0 Å². The fourth-order valence-corrected chi connectivity index (χ4v) is 5.01. The third-order valence-corrected chi connectivity index (χ3v) is 6.92. The number of hydrogen-bond acceptors (Lipinski definition) is 6. The molecule has 2 aromatic carbocycles. The Labute approximate surface area is 222 Å². The highest BCUT2D eigenvalue weighted by atomic mass is 16.5. The highest BCUT2D eigenvalue weighted by molar-refractivity contribution is 5.94. The van der Waals surface area contributed by atoms with Crippen LogP contribution in [0.5, 0.6) is 0 Å². The summed E-state index contributed by atoms with van der Waals surface area (Å²) in [5, 5.41) is 0. The maximum atomic E-state index is 13.3. The van der Waals surface area contributed by atoms with Crippen LogP contribution in [0, 0.1) is 6.92 Å². The van der Waals surface area contributed by atoms with Crippen molar-refractivity contribution in [3.8, 4) is 0 Å². The summed E-state index contributed by atoms with van der Waals surface area (Å²) in [7, 11) is 0. The largest absolute Gasteiger partial charge is 0.460 e. The first kappa shape index (κ1) is 25.3. The summed E-state index contributed by atoms with van der Waals surface area (Å²) in [4.78, 5) is 38.8. The van der Waals surface area contributed by atoms with E-state index in [2.05, 4.69) is 39.1 Å². The minimum absolute atomic E-state index is 0.0584. The van der Waals surface area contributed by atoms with Crippen molar-refractivity contribution in [1.29, 1.82) is 0 Å². The minimum Gasteiger partial charge on any atom is -0.460 e. The summed E-state index contributed by atoms with van der Waals surface area (Å²) >= 11 is 0. The molecule has 1 aliphatic rings. The number of carbonyl (C=O) groups excluding carboxylic acids is 2. The Hall–Kier alpha value is -4.36. The second kappa shape index (κ2) is 11.8. The minimum atomic E-state index is -0.415. The second-order valence-electron chi connectivity index (χ2n) is 9.34. The van der Waals surface area contributed by atoms with E-state index < -0.39 is 5.97 Å². The molecule has 0 N–H and O–H groups in total. The molecule has 0 spiro atoms. The number of benzene rings is 2. The van der Waals surface area contributed by atoms with Crippen LogP contribution in [0.3, 0.4) is 0 Å². The normalized spacial score (nSPS) is 15.8. The highest BCUT2D eigenvalue weighted by Crippen LogP contribution is 2.32. The van der Waals surface area contributed by atoms with E-state index in [1.54, 1.807) is 49.8 Å². The quantitative estimate of drug-likeness (QED) is 0.342. The topological polar surface area (TPSA) is 75.6 Å². The van der Waals surface area contributed by atoms with Gasteiger partial charge in [-0.05, 0) is 42.3 Å². The lowest BCUT2D eigenvalue weighted by molar-refractivity contribution is 0.00262. The number of hydrogen-bond donors (Lipinski definition) is 0. The Morgan fingerprint density at radius 1 is 0.895 bits per heavy atom. The SMILES string of the molecule is Cc1ncccc1C(=O)OCC1CN(C(=O)c2cccnc2)CCN1C(c1ccccc1)c1ccccc1. The Morgan fingerprint density at radius 2 is 1.58 bits per heavy atom. The fourth-order valence-electron chi connectivity index (χ4n) is 5.01. The molecule has 0 radical (unpaired) electrons. The molecule has 4 aromatic rings. The van der Waals surface area contributed by atoms with E-state index in [-0.39, 0.29) is 24.6 Å². The van der Waals surface area contributed by atoms with Crippen LogP contribution in [-0.2, 0) is 4.74 Å². The summed E-state index contributed by atoms with van der Waals surface area (Å²) in [6, 6.07) is 27.3. The zero-order valence-corrected chi connectivity index (χ0v) is 21.3. The summed E-state index contributed by atoms with van der Waals surface area (Å²) in [5.41, 5.74) is 3.90. The predicted octanol–water partition coefficient (Wildman–Crippen LogP) is 4.56. The van der Waals surface area contributed by atoms with Gasteiger partial charge >= 0.3 is 5.97 Å². The number of carbonyl (C=O) groups is 2. The second-order valence-corrected chi connectivity index (χ2v) is 9.34. The van der Waals surface area contributed by atoms with Crippen molar-refractivity contribution in [2.75, 3.05) is 26.2 Å². The van der Waals surface area contributed by atoms with Gasteiger partial charge < -0.3 is 9.64 Å². The number of nitrogens with zero attached hydrogens (tertiary/aromatic N) is 4. The molecule has 3 heterocycles. The number of pyridine rings is 2. The number of rotatable bonds is 7. The smallest absolute Gasteiger partial charge is 0.340 e. The molecule has 1 atom stereocenters. The zero-order valence-electron chi connectivity index (χ0n) is 21.3. The van der Waals surface area contributed by atoms with Gasteiger partial charge in [-0.3, -0.25) is 19.7 Å². The average molecular weight is 507 g/mol. The molecule has 7 nitrogen and oxygen atoms in total. The standard InChI is InChI=1S/C31H30N4O3/c1-23-28(15-9-17-33-23)31(37)38-22-27-21-34(30(36)26-14-8-16-32-20-26)18-19-35(27)29(24-10-4-2-5-11-24)25-12-6-3-7-13-25/h2-17,20,27,29H,18-19,21-22H2,1H3. The third kappa shape index (κ3) is 5.63. The zero-order chi connectivity index (χ0) is 26.3. The van der Waals surface area contributed by atoms with Crippen molar-refractivity contribution in [2.45, 2.75) is 19.0 Å². The Bertz CT molecular complexity index is 1330. The number of piperazine rings is 1. The molecule has 0 bridgehead atoms. The lowest BCUT2D eigenvalue weighted by Gasteiger charge is -2.45. The van der Waals surface area contributed by atoms with Crippen LogP contribution >= 0.6 is 0 Å². The van der Waals surface area contributed by atoms with Crippen LogP contribution in [-0.4, -0.2) is 63.9 Å². The van der Waals surface area contributed by atoms with E-state index in [1.807, 2.05) is 41.3 Å². The number of esters is 1. The van der Waals surface area contributed by atoms with Gasteiger partial charge in [-0.25, -0.2) is 4.79 Å². The lowest BCUT2D eigenvalue weighted by atomic mass is 9.94. The van der Waals surface area contributed by atoms with Gasteiger partial charge in [0.15, 0.2) is 0 Å². The van der Waals surface area contributed by atoms with Crippen LogP contribution in [0.2, 0.25) is 0 Å². The van der Waals surface area contributed by atoms with Crippen molar-refractivity contribution in [3.63, 3.8) is 0 Å². The van der Waals surface area contributed by atoms with Gasteiger partial charge in [-0.1, -0.05) is 60.7 Å². The molecule has 1 saturated heterocycles. The van der Waals surface area contributed by atoms with Crippen LogP contribution < -0.4 is 0 Å². The molecule has 0 saturated carbocycles. The molecule has 0 aliphatic carbocycles. The van der Waals surface area contributed by atoms with E-state index in [0.717, 1.165) is 11.1 Å². The molecule has 38 heavy (non-hydrogen) atoms. The number of aromatic nitrogens is 2. The molecule has 1 unspecified atom stereocenters. The molecular weight excluding hydrogens is 476 g/mol. The average Bonchev–Trinajstić information content (AvgIpc) is 2.98. The van der Waals surface area contributed by atoms with Crippen LogP contribution in [0.1, 0.15) is 43.6 Å². The monoisotopic (exact) mass is 506 g/mol. The molecule has 1 amide bonds. The molecular formula is C31H30N4O3. The number of amides is 1. The van der Waals surface area contributed by atoms with E-state index in [0.29, 0.717) is 36.5 Å². The summed E-state index contributed by atoms with van der Waals surface area (Å²) in [6.07, 6.45) is 4.90. The van der Waals surface area contributed by atoms with Gasteiger partial charge in [-0.15, -0.1) is 0 Å². The van der Waals surface area contributed by atoms with Gasteiger partial charge in [0.2, 0.25) is 0 Å². The van der Waals surface area contributed by atoms with Crippen molar-refractivity contribution in [1.82, 2.24) is 19.8 Å². The molecule has 2 aromatic heterocycles. The maximum absolute atomic E-state index is 13.3. The summed E-state index contributed by atoms with van der Waals surface area (Å²) in [6.45, 7) is 3.52. The van der Waals surface area contributed by atoms with E-state index in [4.69, 9.17) is 4.74 Å². The van der Waals surface area contributed by atoms with Gasteiger partial charge in [-0.2, -0.15) is 0 Å². The first-order chi connectivity index (χ1) is 18.6. The van der Waals surface area contributed by atoms with Crippen molar-refractivity contribution >= 4 is 11.9 Å². The Balaban J connectivity index is 1.45. The number of aryl methyl sites for hydroxylation is 1. The first-order valence-corrected chi connectivity index (χ1v) is 12.8. The lowest BCUT2D eigenvalue weighted by Crippen LogP contribution is -2.57. The van der Waals surface area contributed by atoms with Crippen molar-refractivity contribution in [2.24, 2.45) is 0 Å². The fraction of sp³-hybridized carbons (Fsp3) is 0.226. The van der Waals surface area contributed by atoms with Gasteiger partial charge in [0.25, 0.3) is 5.91 Å². The number of ether oxygens (including phenoxy) is 1. The molecule has 5 rings (SSSR count). The molecule has 1 aliphatic heterocycles. The maximum Gasteiger partial charge on any atom is 0.340 e. The predicted molar refractivity (Wildman–Crippen MR) is 145 cm³/mol. The van der Waals surface area contributed by atoms with E-state index in [9.17, 15) is 9.59 Å². The summed E-state index contributed by atoms with van der Waals surface area (Å²) in [5.74, 6) is -0.490. The van der Waals surface area contributed by atoms with Gasteiger partial charge in [0, 0.05) is 38.2 Å². The highest BCUT2D eigenvalue weighted by Gasteiger charge is 2.36. The van der Waals surface area contributed by atoms with E-state index >= 15 is 0 Å². The first-order valence-electron chi connectivity index (χ1n) is 12.8. The Morgan fingerprint density at radius 3 is 2.21 bits per heavy atom. The molecule has 7 heteroatoms. The van der Waals surface area contributed by atoms with Gasteiger partial charge in [0.1, 0.15) is 6.61 Å². The van der Waals surface area contributed by atoms with Gasteiger partial charge in [0.05, 0.1) is 28.9 Å². The van der Waals surface area contributed by atoms with Crippen molar-refractivity contribution in [3.05, 3.63) is 131 Å². The van der Waals surface area contributed by atoms with E-state index in [1.165, 1.54) is 0 Å². The van der Waals surface area contributed by atoms with Crippen LogP contribution in [0.4, 0.5) is 0 Å². The molecule has 192 valence electrons. The third-order valence-electron chi connectivity index (χ3n) is 6.92. The van der Waals surface area contributed by atoms with Crippen molar-refractivity contribution < 1.29 is 14.3 Å². The summed E-state index contributed by atoms with van der Waals surface area (Å²) < 4.78 is 5.86. The Kier molecular flexibility index (Phi) is 7.85.